The van der Waals surface area contributed by atoms with E-state index in [-0.39, 0.29) is 17.9 Å². The molecule has 5 nitrogen and oxygen atoms in total. The van der Waals surface area contributed by atoms with Gasteiger partial charge in [-0.15, -0.1) is 0 Å². The minimum absolute atomic E-state index is 0.0234. The lowest BCUT2D eigenvalue weighted by atomic mass is 9.88. The quantitative estimate of drug-likeness (QED) is 0.813. The number of nitrogens with zero attached hydrogens (tertiary/aromatic N) is 2. The topological polar surface area (TPSA) is 72.9 Å². The zero-order valence-corrected chi connectivity index (χ0v) is 10.2. The Morgan fingerprint density at radius 1 is 1.71 bits per heavy atom. The summed E-state index contributed by atoms with van der Waals surface area (Å²) < 4.78 is 1.97. The van der Waals surface area contributed by atoms with E-state index in [2.05, 4.69) is 17.3 Å². The number of carbonyl (C=O) groups is 1. The van der Waals surface area contributed by atoms with Crippen molar-refractivity contribution < 1.29 is 4.79 Å². The van der Waals surface area contributed by atoms with Crippen LogP contribution in [0.4, 0.5) is 0 Å². The Balaban J connectivity index is 2.23. The van der Waals surface area contributed by atoms with Crippen molar-refractivity contribution in [1.82, 2.24) is 15.1 Å². The zero-order valence-electron chi connectivity index (χ0n) is 10.2. The van der Waals surface area contributed by atoms with Gasteiger partial charge in [0.25, 0.3) is 0 Å². The van der Waals surface area contributed by atoms with Gasteiger partial charge in [0.2, 0.25) is 5.91 Å². The molecule has 1 aliphatic heterocycles. The van der Waals surface area contributed by atoms with Crippen molar-refractivity contribution >= 4 is 5.91 Å². The number of hydrogen-bond acceptors (Lipinski definition) is 3. The van der Waals surface area contributed by atoms with Gasteiger partial charge in [-0.05, 0) is 31.9 Å². The molecule has 5 heteroatoms. The highest BCUT2D eigenvalue weighted by Gasteiger charge is 2.32. The summed E-state index contributed by atoms with van der Waals surface area (Å²) in [7, 11) is 0. The molecule has 2 heterocycles. The lowest BCUT2D eigenvalue weighted by Crippen LogP contribution is -2.41. The Labute approximate surface area is 101 Å². The predicted octanol–water partition coefficient (Wildman–Crippen LogP) is 0.819. The number of amides is 1. The van der Waals surface area contributed by atoms with Gasteiger partial charge >= 0.3 is 0 Å². The number of piperidine rings is 1. The van der Waals surface area contributed by atoms with E-state index in [0.29, 0.717) is 0 Å². The van der Waals surface area contributed by atoms with Crippen LogP contribution in [0, 0.1) is 5.92 Å². The fraction of sp³-hybridized carbons (Fsp3) is 0.667. The Bertz CT molecular complexity index is 388. The second kappa shape index (κ2) is 5.31. The van der Waals surface area contributed by atoms with E-state index in [1.165, 1.54) is 0 Å². The van der Waals surface area contributed by atoms with E-state index in [4.69, 9.17) is 5.73 Å². The zero-order chi connectivity index (χ0) is 12.3. The minimum Gasteiger partial charge on any atom is -0.369 e. The lowest BCUT2D eigenvalue weighted by Gasteiger charge is -2.30. The van der Waals surface area contributed by atoms with Crippen LogP contribution in [0.3, 0.4) is 0 Å². The van der Waals surface area contributed by atoms with Crippen LogP contribution in [0.15, 0.2) is 12.3 Å². The van der Waals surface area contributed by atoms with Crippen molar-refractivity contribution in [2.45, 2.75) is 38.8 Å². The highest BCUT2D eigenvalue weighted by atomic mass is 16.1. The average molecular weight is 236 g/mol. The summed E-state index contributed by atoms with van der Waals surface area (Å²) in [6.45, 7) is 3.93. The number of rotatable bonds is 4. The normalized spacial score (nSPS) is 24.8. The predicted molar refractivity (Wildman–Crippen MR) is 65.2 cm³/mol. The molecule has 3 N–H and O–H groups in total. The minimum atomic E-state index is -0.216. The van der Waals surface area contributed by atoms with Gasteiger partial charge in [-0.2, -0.15) is 5.10 Å². The number of nitrogens with one attached hydrogen (secondary N) is 1. The van der Waals surface area contributed by atoms with Crippen molar-refractivity contribution in [2.24, 2.45) is 11.7 Å². The summed E-state index contributed by atoms with van der Waals surface area (Å²) in [5.41, 5.74) is 6.56. The van der Waals surface area contributed by atoms with E-state index in [1.54, 1.807) is 6.20 Å². The summed E-state index contributed by atoms with van der Waals surface area (Å²) in [5, 5.41) is 7.69. The second-order valence-corrected chi connectivity index (χ2v) is 4.56. The van der Waals surface area contributed by atoms with Crippen molar-refractivity contribution in [1.29, 1.82) is 0 Å². The second-order valence-electron chi connectivity index (χ2n) is 4.56. The molecule has 17 heavy (non-hydrogen) atoms. The van der Waals surface area contributed by atoms with Crippen molar-refractivity contribution in [3.05, 3.63) is 18.0 Å². The van der Waals surface area contributed by atoms with Gasteiger partial charge in [-0.1, -0.05) is 6.92 Å². The lowest BCUT2D eigenvalue weighted by molar-refractivity contribution is -0.123. The molecule has 0 radical (unpaired) electrons. The summed E-state index contributed by atoms with van der Waals surface area (Å²) >= 11 is 0. The third-order valence-electron chi connectivity index (χ3n) is 3.33. The van der Waals surface area contributed by atoms with Crippen molar-refractivity contribution in [3.63, 3.8) is 0 Å². The summed E-state index contributed by atoms with van der Waals surface area (Å²) in [5.74, 6) is -0.331. The molecule has 0 saturated carbocycles. The third-order valence-corrected chi connectivity index (χ3v) is 3.33. The first kappa shape index (κ1) is 12.1. The maximum Gasteiger partial charge on any atom is 0.222 e. The SMILES string of the molecule is CCCn1nccc1C1NCCCC1C(N)=O. The largest absolute Gasteiger partial charge is 0.369 e. The Morgan fingerprint density at radius 3 is 3.24 bits per heavy atom. The number of hydrogen-bond donors (Lipinski definition) is 2. The van der Waals surface area contributed by atoms with E-state index < -0.39 is 0 Å². The van der Waals surface area contributed by atoms with Crippen LogP contribution in [0.2, 0.25) is 0 Å². The van der Waals surface area contributed by atoms with Crippen molar-refractivity contribution in [2.75, 3.05) is 6.54 Å². The first-order valence-corrected chi connectivity index (χ1v) is 6.28. The van der Waals surface area contributed by atoms with Gasteiger partial charge in [0.1, 0.15) is 0 Å². The first-order chi connectivity index (χ1) is 8.24. The molecule has 0 bridgehead atoms. The molecule has 1 aromatic rings. The van der Waals surface area contributed by atoms with Gasteiger partial charge in [0.05, 0.1) is 17.7 Å². The van der Waals surface area contributed by atoms with Crippen LogP contribution >= 0.6 is 0 Å². The summed E-state index contributed by atoms with van der Waals surface area (Å²) in [4.78, 5) is 11.5. The maximum atomic E-state index is 11.5. The molecule has 1 saturated heterocycles. The average Bonchev–Trinajstić information content (AvgIpc) is 2.77. The summed E-state index contributed by atoms with van der Waals surface area (Å²) in [6.07, 6.45) is 4.69. The first-order valence-electron chi connectivity index (χ1n) is 6.28. The monoisotopic (exact) mass is 236 g/mol. The molecule has 1 amide bonds. The van der Waals surface area contributed by atoms with Crippen molar-refractivity contribution in [3.8, 4) is 0 Å². The molecule has 1 aliphatic rings. The number of aryl methyl sites for hydroxylation is 1. The number of carbonyl (C=O) groups excluding carboxylic acids is 1. The molecule has 0 aliphatic carbocycles. The Kier molecular flexibility index (Phi) is 3.78. The number of primary amides is 1. The molecule has 1 aromatic heterocycles. The maximum absolute atomic E-state index is 11.5. The van der Waals surface area contributed by atoms with E-state index >= 15 is 0 Å². The molecule has 0 aromatic carbocycles. The fourth-order valence-electron chi connectivity index (χ4n) is 2.51. The molecule has 2 rings (SSSR count). The highest BCUT2D eigenvalue weighted by molar-refractivity contribution is 5.77. The molecule has 94 valence electrons. The van der Waals surface area contributed by atoms with Crippen LogP contribution in [0.1, 0.15) is 37.9 Å². The van der Waals surface area contributed by atoms with Crippen LogP contribution in [-0.4, -0.2) is 22.2 Å². The standard InChI is InChI=1S/C12H20N4O/c1-2-8-16-10(5-7-15-16)11-9(12(13)17)4-3-6-14-11/h5,7,9,11,14H,2-4,6,8H2,1H3,(H2,13,17). The van der Waals surface area contributed by atoms with Crippen LogP contribution in [0.5, 0.6) is 0 Å². The Morgan fingerprint density at radius 2 is 2.53 bits per heavy atom. The van der Waals surface area contributed by atoms with Gasteiger partial charge in [0, 0.05) is 12.7 Å². The van der Waals surface area contributed by atoms with Crippen LogP contribution in [0.25, 0.3) is 0 Å². The molecule has 2 atom stereocenters. The third kappa shape index (κ3) is 2.49. The molecular weight excluding hydrogens is 216 g/mol. The fourth-order valence-corrected chi connectivity index (χ4v) is 2.51. The van der Waals surface area contributed by atoms with E-state index in [9.17, 15) is 4.79 Å². The molecule has 0 spiro atoms. The Hall–Kier alpha value is -1.36. The van der Waals surface area contributed by atoms with E-state index in [1.807, 2.05) is 10.7 Å². The van der Waals surface area contributed by atoms with E-state index in [0.717, 1.165) is 38.0 Å². The smallest absolute Gasteiger partial charge is 0.222 e. The summed E-state index contributed by atoms with van der Waals surface area (Å²) in [6, 6.07) is 2.00. The molecule has 2 unspecified atom stereocenters. The molecular formula is C12H20N4O. The van der Waals surface area contributed by atoms with Gasteiger partial charge < -0.3 is 11.1 Å². The number of aromatic nitrogens is 2. The molecule has 1 fully saturated rings. The number of nitrogens with two attached hydrogens (primary N) is 1. The van der Waals surface area contributed by atoms with Gasteiger partial charge in [0.15, 0.2) is 0 Å². The van der Waals surface area contributed by atoms with Crippen LogP contribution in [-0.2, 0) is 11.3 Å². The van der Waals surface area contributed by atoms with Crippen LogP contribution < -0.4 is 11.1 Å². The van der Waals surface area contributed by atoms with Gasteiger partial charge in [-0.25, -0.2) is 0 Å². The van der Waals surface area contributed by atoms with Gasteiger partial charge in [-0.3, -0.25) is 9.48 Å². The highest BCUT2D eigenvalue weighted by Crippen LogP contribution is 2.28.